The Morgan fingerprint density at radius 3 is 2.36 bits per heavy atom. The molecule has 5 rings (SSSR count). The van der Waals surface area contributed by atoms with Crippen molar-refractivity contribution in [2.75, 3.05) is 46.9 Å². The summed E-state index contributed by atoms with van der Waals surface area (Å²) in [5.74, 6) is 0.721. The van der Waals surface area contributed by atoms with Crippen LogP contribution in [0.5, 0.6) is 0 Å². The maximum absolute atomic E-state index is 13.7. The molecular formula is C30H35FN2O3. The molecule has 2 heterocycles. The molecule has 3 aromatic rings. The van der Waals surface area contributed by atoms with Gasteiger partial charge in [-0.3, -0.25) is 4.79 Å². The van der Waals surface area contributed by atoms with Gasteiger partial charge in [-0.25, -0.2) is 4.39 Å². The Balaban J connectivity index is 1.28. The van der Waals surface area contributed by atoms with E-state index in [1.54, 1.807) is 26.4 Å². The number of hydrogen-bond acceptors (Lipinski definition) is 4. The summed E-state index contributed by atoms with van der Waals surface area (Å²) in [6.07, 6.45) is 1.76. The molecule has 1 amide bonds. The van der Waals surface area contributed by atoms with Crippen molar-refractivity contribution in [2.24, 2.45) is 11.8 Å². The van der Waals surface area contributed by atoms with E-state index in [9.17, 15) is 9.18 Å². The van der Waals surface area contributed by atoms with Crippen molar-refractivity contribution < 1.29 is 18.7 Å². The van der Waals surface area contributed by atoms with E-state index in [1.807, 2.05) is 59.5 Å². The number of halogens is 1. The summed E-state index contributed by atoms with van der Waals surface area (Å²) in [5, 5.41) is 2.06. The zero-order chi connectivity index (χ0) is 25.1. The third kappa shape index (κ3) is 5.17. The van der Waals surface area contributed by atoms with Crippen LogP contribution in [0.3, 0.4) is 0 Å². The molecule has 2 fully saturated rings. The second-order valence-corrected chi connectivity index (χ2v) is 10.1. The molecule has 5 nitrogen and oxygen atoms in total. The molecule has 2 aliphatic rings. The van der Waals surface area contributed by atoms with Crippen molar-refractivity contribution in [3.63, 3.8) is 0 Å². The summed E-state index contributed by atoms with van der Waals surface area (Å²) in [7, 11) is 3.35. The summed E-state index contributed by atoms with van der Waals surface area (Å²) in [4.78, 5) is 18.2. The van der Waals surface area contributed by atoms with E-state index in [4.69, 9.17) is 9.47 Å². The Labute approximate surface area is 212 Å². The molecule has 0 bridgehead atoms. The number of fused-ring (bicyclic) bond motifs is 1. The van der Waals surface area contributed by atoms with Crippen LogP contribution in [0.15, 0.2) is 66.7 Å². The molecule has 36 heavy (non-hydrogen) atoms. The van der Waals surface area contributed by atoms with Crippen LogP contribution in [0.1, 0.15) is 34.7 Å². The fourth-order valence-electron chi connectivity index (χ4n) is 6.11. The second-order valence-electron chi connectivity index (χ2n) is 10.1. The fraction of sp³-hybridized carbons (Fsp3) is 0.433. The normalized spacial score (nSPS) is 21.5. The second kappa shape index (κ2) is 11.1. The number of methoxy groups -OCH3 is 2. The van der Waals surface area contributed by atoms with Crippen LogP contribution in [0.2, 0.25) is 0 Å². The van der Waals surface area contributed by atoms with Gasteiger partial charge in [-0.15, -0.1) is 0 Å². The number of carbonyl (C=O) groups is 1. The van der Waals surface area contributed by atoms with Crippen LogP contribution < -0.4 is 0 Å². The van der Waals surface area contributed by atoms with E-state index < -0.39 is 0 Å². The number of rotatable bonds is 7. The van der Waals surface area contributed by atoms with Gasteiger partial charge < -0.3 is 19.3 Å². The minimum absolute atomic E-state index is 0.0697. The number of likely N-dealkylation sites (tertiary alicyclic amines) is 2. The molecule has 0 aromatic heterocycles. The Hall–Kier alpha value is -2.80. The zero-order valence-corrected chi connectivity index (χ0v) is 21.1. The average molecular weight is 491 g/mol. The Morgan fingerprint density at radius 1 is 0.944 bits per heavy atom. The van der Waals surface area contributed by atoms with Gasteiger partial charge in [0, 0.05) is 45.3 Å². The number of amides is 1. The third-order valence-corrected chi connectivity index (χ3v) is 8.03. The predicted molar refractivity (Wildman–Crippen MR) is 139 cm³/mol. The fourth-order valence-corrected chi connectivity index (χ4v) is 6.11. The topological polar surface area (TPSA) is 42.0 Å². The Morgan fingerprint density at radius 2 is 1.64 bits per heavy atom. The van der Waals surface area contributed by atoms with Crippen molar-refractivity contribution in [1.82, 2.24) is 9.80 Å². The maximum atomic E-state index is 13.7. The first-order valence-corrected chi connectivity index (χ1v) is 12.9. The first-order valence-electron chi connectivity index (χ1n) is 12.9. The van der Waals surface area contributed by atoms with Crippen LogP contribution in [-0.2, 0) is 9.47 Å². The molecule has 0 unspecified atom stereocenters. The SMILES string of the molecule is COC(OC)[C@@H]1CN(C(=O)c2cccc3ccccc23)C[C@H]1CN1CCC(c2ccc(F)cc2)CC1. The molecule has 2 atom stereocenters. The number of nitrogens with zero attached hydrogens (tertiary/aromatic N) is 2. The maximum Gasteiger partial charge on any atom is 0.254 e. The molecule has 0 spiro atoms. The quantitative estimate of drug-likeness (QED) is 0.429. The lowest BCUT2D eigenvalue weighted by molar-refractivity contribution is -0.143. The summed E-state index contributed by atoms with van der Waals surface area (Å²) in [5.41, 5.74) is 1.97. The summed E-state index contributed by atoms with van der Waals surface area (Å²) in [6, 6.07) is 20.9. The first kappa shape index (κ1) is 24.9. The van der Waals surface area contributed by atoms with Gasteiger partial charge >= 0.3 is 0 Å². The number of piperidine rings is 1. The van der Waals surface area contributed by atoms with E-state index in [0.717, 1.165) is 48.8 Å². The van der Waals surface area contributed by atoms with Crippen molar-refractivity contribution >= 4 is 16.7 Å². The summed E-state index contributed by atoms with van der Waals surface area (Å²) in [6.45, 7) is 4.20. The van der Waals surface area contributed by atoms with Crippen molar-refractivity contribution in [2.45, 2.75) is 25.0 Å². The van der Waals surface area contributed by atoms with Crippen molar-refractivity contribution in [1.29, 1.82) is 0 Å². The van der Waals surface area contributed by atoms with Gasteiger partial charge in [0.05, 0.1) is 0 Å². The van der Waals surface area contributed by atoms with Gasteiger partial charge in [-0.05, 0) is 72.3 Å². The smallest absolute Gasteiger partial charge is 0.254 e. The minimum atomic E-state index is -0.350. The summed E-state index contributed by atoms with van der Waals surface area (Å²) < 4.78 is 24.7. The minimum Gasteiger partial charge on any atom is -0.356 e. The van der Waals surface area contributed by atoms with E-state index in [2.05, 4.69) is 4.90 Å². The Kier molecular flexibility index (Phi) is 7.65. The number of ether oxygens (including phenoxy) is 2. The van der Waals surface area contributed by atoms with Crippen molar-refractivity contribution in [3.05, 3.63) is 83.7 Å². The highest BCUT2D eigenvalue weighted by Gasteiger charge is 2.41. The highest BCUT2D eigenvalue weighted by atomic mass is 19.1. The number of hydrogen-bond donors (Lipinski definition) is 0. The average Bonchev–Trinajstić information content (AvgIpc) is 3.33. The molecule has 2 saturated heterocycles. The number of benzene rings is 3. The first-order chi connectivity index (χ1) is 17.6. The molecule has 0 aliphatic carbocycles. The molecule has 0 N–H and O–H groups in total. The van der Waals surface area contributed by atoms with Crippen LogP contribution in [0.4, 0.5) is 4.39 Å². The summed E-state index contributed by atoms with van der Waals surface area (Å²) >= 11 is 0. The molecule has 6 heteroatoms. The van der Waals surface area contributed by atoms with Crippen LogP contribution in [0, 0.1) is 17.7 Å². The lowest BCUT2D eigenvalue weighted by Gasteiger charge is -2.35. The third-order valence-electron chi connectivity index (χ3n) is 8.03. The Bertz CT molecular complexity index is 1170. The van der Waals surface area contributed by atoms with Gasteiger partial charge in [0.25, 0.3) is 5.91 Å². The van der Waals surface area contributed by atoms with E-state index in [0.29, 0.717) is 19.0 Å². The standard InChI is InChI=1S/C30H35FN2O3/c1-35-30(36-2)28-20-33(29(34)27-9-5-7-23-6-3-4-8-26(23)27)19-24(28)18-32-16-14-22(15-17-32)21-10-12-25(31)13-11-21/h3-13,22,24,28,30H,14-20H2,1-2H3/t24-,28-/m1/s1. The predicted octanol–water partition coefficient (Wildman–Crippen LogP) is 5.17. The highest BCUT2D eigenvalue weighted by molar-refractivity contribution is 6.07. The van der Waals surface area contributed by atoms with Gasteiger partial charge in [0.1, 0.15) is 5.82 Å². The van der Waals surface area contributed by atoms with Gasteiger partial charge in [0.15, 0.2) is 6.29 Å². The van der Waals surface area contributed by atoms with E-state index in [1.165, 1.54) is 5.56 Å². The van der Waals surface area contributed by atoms with Crippen LogP contribution in [0.25, 0.3) is 10.8 Å². The molecular weight excluding hydrogens is 455 g/mol. The number of carbonyl (C=O) groups excluding carboxylic acids is 1. The van der Waals surface area contributed by atoms with E-state index in [-0.39, 0.29) is 29.9 Å². The lowest BCUT2D eigenvalue weighted by Crippen LogP contribution is -2.41. The molecule has 2 aliphatic heterocycles. The van der Waals surface area contributed by atoms with Gasteiger partial charge in [-0.1, -0.05) is 48.5 Å². The monoisotopic (exact) mass is 490 g/mol. The van der Waals surface area contributed by atoms with E-state index >= 15 is 0 Å². The van der Waals surface area contributed by atoms with Gasteiger partial charge in [-0.2, -0.15) is 0 Å². The largest absolute Gasteiger partial charge is 0.356 e. The van der Waals surface area contributed by atoms with Crippen molar-refractivity contribution in [3.8, 4) is 0 Å². The lowest BCUT2D eigenvalue weighted by atomic mass is 9.88. The molecule has 190 valence electrons. The van der Waals surface area contributed by atoms with Crippen LogP contribution in [-0.4, -0.2) is 68.9 Å². The highest BCUT2D eigenvalue weighted by Crippen LogP contribution is 2.34. The molecule has 3 aromatic carbocycles. The molecule has 0 radical (unpaired) electrons. The van der Waals surface area contributed by atoms with Gasteiger partial charge in [0.2, 0.25) is 0 Å². The molecule has 0 saturated carbocycles. The zero-order valence-electron chi connectivity index (χ0n) is 21.1. The van der Waals surface area contributed by atoms with Crippen LogP contribution >= 0.6 is 0 Å².